The molecule has 0 saturated carbocycles. The molecule has 0 fully saturated rings. The van der Waals surface area contributed by atoms with Crippen molar-refractivity contribution in [3.05, 3.63) is 60.0 Å². The van der Waals surface area contributed by atoms with Crippen LogP contribution in [-0.2, 0) is 9.84 Å². The maximum atomic E-state index is 12.5. The SMILES string of the molecule is C=CSC(N)=NC(=O)c1cc(O[C@@H](C)CO)cc(Sc2ccc(S(C)(=O)=O)cc2)c1. The molecule has 0 spiro atoms. The Morgan fingerprint density at radius 3 is 2.50 bits per heavy atom. The van der Waals surface area contributed by atoms with Crippen molar-refractivity contribution in [1.29, 1.82) is 0 Å². The van der Waals surface area contributed by atoms with Crippen LogP contribution in [0.3, 0.4) is 0 Å². The lowest BCUT2D eigenvalue weighted by Gasteiger charge is -2.14. The van der Waals surface area contributed by atoms with Crippen LogP contribution in [0.2, 0.25) is 0 Å². The normalized spacial score (nSPS) is 13.0. The molecule has 7 nitrogen and oxygen atoms in total. The number of sulfone groups is 1. The van der Waals surface area contributed by atoms with Gasteiger partial charge >= 0.3 is 0 Å². The highest BCUT2D eigenvalue weighted by Crippen LogP contribution is 2.32. The van der Waals surface area contributed by atoms with Gasteiger partial charge < -0.3 is 15.6 Å². The standard InChI is InChI=1S/C20H22N2O5S3/c1-4-28-20(21)22-19(24)14-9-15(27-13(2)12-23)11-17(10-14)29-16-5-7-18(8-6-16)30(3,25)26/h4-11,13,23H,1,12H2,2-3H3,(H2,21,22,24)/t13-/m0/s1. The zero-order valence-electron chi connectivity index (χ0n) is 16.4. The quantitative estimate of drug-likeness (QED) is 0.449. The Balaban J connectivity index is 2.37. The third-order valence-corrected chi connectivity index (χ3v) is 6.23. The smallest absolute Gasteiger partial charge is 0.279 e. The lowest BCUT2D eigenvalue weighted by molar-refractivity contribution is 0.100. The van der Waals surface area contributed by atoms with Gasteiger partial charge in [0.05, 0.1) is 11.5 Å². The van der Waals surface area contributed by atoms with E-state index in [4.69, 9.17) is 10.5 Å². The first-order chi connectivity index (χ1) is 14.1. The zero-order valence-corrected chi connectivity index (χ0v) is 18.9. The number of amides is 1. The van der Waals surface area contributed by atoms with Crippen LogP contribution in [0.4, 0.5) is 0 Å². The van der Waals surface area contributed by atoms with Crippen LogP contribution in [0.1, 0.15) is 17.3 Å². The van der Waals surface area contributed by atoms with E-state index in [9.17, 15) is 18.3 Å². The number of hydrogen-bond donors (Lipinski definition) is 2. The van der Waals surface area contributed by atoms with Crippen molar-refractivity contribution < 1.29 is 23.1 Å². The van der Waals surface area contributed by atoms with Crippen LogP contribution < -0.4 is 10.5 Å². The third-order valence-electron chi connectivity index (χ3n) is 3.62. The number of rotatable bonds is 8. The summed E-state index contributed by atoms with van der Waals surface area (Å²) < 4.78 is 28.9. The number of nitrogens with zero attached hydrogens (tertiary/aromatic N) is 1. The Labute approximate surface area is 184 Å². The van der Waals surface area contributed by atoms with Gasteiger partial charge in [0.15, 0.2) is 15.0 Å². The number of aliphatic hydroxyl groups is 1. The van der Waals surface area contributed by atoms with Crippen molar-refractivity contribution in [3.8, 4) is 5.75 Å². The molecular weight excluding hydrogens is 444 g/mol. The average molecular weight is 467 g/mol. The minimum Gasteiger partial charge on any atom is -0.488 e. The number of amidine groups is 1. The number of ether oxygens (including phenoxy) is 1. The molecule has 0 aliphatic rings. The van der Waals surface area contributed by atoms with Gasteiger partial charge in [0.2, 0.25) is 0 Å². The summed E-state index contributed by atoms with van der Waals surface area (Å²) in [6.07, 6.45) is 0.680. The highest BCUT2D eigenvalue weighted by Gasteiger charge is 2.13. The average Bonchev–Trinajstić information content (AvgIpc) is 2.67. The number of aliphatic imine (C=N–C) groups is 1. The van der Waals surface area contributed by atoms with Gasteiger partial charge in [0, 0.05) is 21.6 Å². The molecule has 0 aliphatic heterocycles. The summed E-state index contributed by atoms with van der Waals surface area (Å²) in [5.74, 6) is -0.152. The third kappa shape index (κ3) is 7.21. The van der Waals surface area contributed by atoms with Gasteiger partial charge in [-0.05, 0) is 54.8 Å². The van der Waals surface area contributed by atoms with Crippen LogP contribution in [0.15, 0.2) is 74.1 Å². The molecule has 10 heteroatoms. The van der Waals surface area contributed by atoms with E-state index in [1.54, 1.807) is 31.2 Å². The number of carbonyl (C=O) groups is 1. The van der Waals surface area contributed by atoms with Gasteiger partial charge in [-0.15, -0.1) is 0 Å². The van der Waals surface area contributed by atoms with E-state index in [-0.39, 0.29) is 22.2 Å². The molecule has 160 valence electrons. The van der Waals surface area contributed by atoms with Gasteiger partial charge in [0.25, 0.3) is 5.91 Å². The van der Waals surface area contributed by atoms with Gasteiger partial charge in [-0.2, -0.15) is 4.99 Å². The Hall–Kier alpha value is -2.27. The van der Waals surface area contributed by atoms with Crippen LogP contribution in [-0.4, -0.2) is 43.6 Å². The highest BCUT2D eigenvalue weighted by atomic mass is 32.2. The molecule has 0 bridgehead atoms. The molecule has 3 N–H and O–H groups in total. The van der Waals surface area contributed by atoms with Crippen molar-refractivity contribution in [3.63, 3.8) is 0 Å². The van der Waals surface area contributed by atoms with Gasteiger partial charge in [-0.3, -0.25) is 4.79 Å². The van der Waals surface area contributed by atoms with Crippen molar-refractivity contribution in [2.75, 3.05) is 12.9 Å². The second-order valence-corrected chi connectivity index (χ2v) is 10.3. The minimum atomic E-state index is -3.28. The number of carbonyl (C=O) groups excluding carboxylic acids is 1. The minimum absolute atomic E-state index is 0.0654. The van der Waals surface area contributed by atoms with E-state index in [0.717, 1.165) is 22.9 Å². The summed E-state index contributed by atoms with van der Waals surface area (Å²) in [4.78, 5) is 18.0. The predicted octanol–water partition coefficient (Wildman–Crippen LogP) is 3.33. The summed E-state index contributed by atoms with van der Waals surface area (Å²) in [7, 11) is -3.28. The van der Waals surface area contributed by atoms with Gasteiger partial charge in [-0.25, -0.2) is 8.42 Å². The van der Waals surface area contributed by atoms with E-state index in [1.165, 1.54) is 35.4 Å². The summed E-state index contributed by atoms with van der Waals surface area (Å²) in [5, 5.41) is 10.8. The van der Waals surface area contributed by atoms with Crippen molar-refractivity contribution in [2.24, 2.45) is 10.7 Å². The second kappa shape index (κ2) is 10.7. The van der Waals surface area contributed by atoms with E-state index >= 15 is 0 Å². The number of nitrogens with two attached hydrogens (primary N) is 1. The number of aliphatic hydroxyl groups excluding tert-OH is 1. The van der Waals surface area contributed by atoms with E-state index < -0.39 is 21.8 Å². The van der Waals surface area contributed by atoms with Crippen molar-refractivity contribution >= 4 is 44.4 Å². The molecule has 0 aromatic heterocycles. The fourth-order valence-corrected chi connectivity index (χ4v) is 4.10. The van der Waals surface area contributed by atoms with E-state index in [0.29, 0.717) is 10.6 Å². The molecule has 30 heavy (non-hydrogen) atoms. The summed E-state index contributed by atoms with van der Waals surface area (Å²) in [5.41, 5.74) is 5.94. The Morgan fingerprint density at radius 1 is 1.27 bits per heavy atom. The van der Waals surface area contributed by atoms with Crippen LogP contribution in [0, 0.1) is 0 Å². The van der Waals surface area contributed by atoms with Crippen LogP contribution in [0.5, 0.6) is 5.75 Å². The first-order valence-corrected chi connectivity index (χ1v) is 12.3. The zero-order chi connectivity index (χ0) is 22.3. The number of benzene rings is 2. The fourth-order valence-electron chi connectivity index (χ4n) is 2.26. The van der Waals surface area contributed by atoms with Crippen molar-refractivity contribution in [1.82, 2.24) is 0 Å². The molecule has 0 saturated heterocycles. The Bertz CT molecular complexity index is 1050. The van der Waals surface area contributed by atoms with E-state index in [2.05, 4.69) is 11.6 Å². The molecular formula is C20H22N2O5S3. The second-order valence-electron chi connectivity index (χ2n) is 6.19. The first kappa shape index (κ1) is 24.0. The maximum Gasteiger partial charge on any atom is 0.279 e. The topological polar surface area (TPSA) is 119 Å². The molecule has 0 radical (unpaired) electrons. The van der Waals surface area contributed by atoms with E-state index in [1.807, 2.05) is 0 Å². The summed E-state index contributed by atoms with van der Waals surface area (Å²) in [6, 6.07) is 11.3. The Kier molecular flexibility index (Phi) is 8.54. The Morgan fingerprint density at radius 2 is 1.93 bits per heavy atom. The van der Waals surface area contributed by atoms with Crippen LogP contribution >= 0.6 is 23.5 Å². The first-order valence-electron chi connectivity index (χ1n) is 8.69. The summed E-state index contributed by atoms with van der Waals surface area (Å²) in [6.45, 7) is 5.04. The lowest BCUT2D eigenvalue weighted by atomic mass is 10.2. The molecule has 1 atom stereocenters. The molecule has 2 aromatic rings. The fraction of sp³-hybridized carbons (Fsp3) is 0.200. The summed E-state index contributed by atoms with van der Waals surface area (Å²) >= 11 is 2.36. The van der Waals surface area contributed by atoms with Gasteiger partial charge in [0.1, 0.15) is 11.9 Å². The molecule has 0 aliphatic carbocycles. The van der Waals surface area contributed by atoms with Gasteiger partial charge in [-0.1, -0.05) is 30.1 Å². The van der Waals surface area contributed by atoms with Crippen molar-refractivity contribution in [2.45, 2.75) is 27.7 Å². The highest BCUT2D eigenvalue weighted by molar-refractivity contribution is 8.16. The molecule has 2 rings (SSSR count). The molecule has 0 unspecified atom stereocenters. The number of hydrogen-bond acceptors (Lipinski definition) is 7. The lowest BCUT2D eigenvalue weighted by Crippen LogP contribution is -2.16. The molecule has 2 aromatic carbocycles. The molecule has 1 amide bonds. The number of thioether (sulfide) groups is 1. The molecule has 0 heterocycles. The largest absolute Gasteiger partial charge is 0.488 e. The van der Waals surface area contributed by atoms with Crippen LogP contribution in [0.25, 0.3) is 0 Å². The monoisotopic (exact) mass is 466 g/mol. The predicted molar refractivity (Wildman–Crippen MR) is 121 cm³/mol. The maximum absolute atomic E-state index is 12.5.